The van der Waals surface area contributed by atoms with Crippen molar-refractivity contribution in [3.8, 4) is 12.3 Å². The highest BCUT2D eigenvalue weighted by atomic mass is 16.4. The summed E-state index contributed by atoms with van der Waals surface area (Å²) in [5.41, 5.74) is 0.602. The number of terminal acetylenes is 1. The first-order valence-corrected chi connectivity index (χ1v) is 5.26. The summed E-state index contributed by atoms with van der Waals surface area (Å²) in [6.45, 7) is 5.43. The largest absolute Gasteiger partial charge is 0.436 e. The molecule has 0 aliphatic heterocycles. The summed E-state index contributed by atoms with van der Waals surface area (Å²) in [5.74, 6) is 3.05. The number of amides is 1. The Morgan fingerprint density at radius 1 is 1.62 bits per heavy atom. The molecule has 1 aromatic rings. The highest BCUT2D eigenvalue weighted by Gasteiger charge is 2.18. The van der Waals surface area contributed by atoms with Crippen LogP contribution in [0.25, 0.3) is 0 Å². The first-order valence-electron chi connectivity index (χ1n) is 5.26. The molecule has 1 rings (SSSR count). The monoisotopic (exact) mass is 220 g/mol. The molecular weight excluding hydrogens is 204 g/mol. The summed E-state index contributed by atoms with van der Waals surface area (Å²) in [4.78, 5) is 15.9. The van der Waals surface area contributed by atoms with E-state index >= 15 is 0 Å². The van der Waals surface area contributed by atoms with E-state index in [0.29, 0.717) is 18.0 Å². The molecule has 4 nitrogen and oxygen atoms in total. The summed E-state index contributed by atoms with van der Waals surface area (Å²) in [7, 11) is 0. The van der Waals surface area contributed by atoms with Crippen LogP contribution in [0, 0.1) is 26.2 Å². The Labute approximate surface area is 95.4 Å². The van der Waals surface area contributed by atoms with Crippen LogP contribution in [0.5, 0.6) is 0 Å². The van der Waals surface area contributed by atoms with Crippen molar-refractivity contribution < 1.29 is 9.21 Å². The van der Waals surface area contributed by atoms with E-state index in [4.69, 9.17) is 10.8 Å². The van der Waals surface area contributed by atoms with Crippen LogP contribution in [0.15, 0.2) is 4.42 Å². The second-order valence-electron chi connectivity index (χ2n) is 3.63. The number of hydrogen-bond donors (Lipinski definition) is 1. The fourth-order valence-corrected chi connectivity index (χ4v) is 1.43. The molecule has 16 heavy (non-hydrogen) atoms. The Balaban J connectivity index is 2.72. The SMILES string of the molecule is C#CCC(CC)NC(=O)c1oc(C)nc1C. The Kier molecular flexibility index (Phi) is 4.12. The van der Waals surface area contributed by atoms with Crippen LogP contribution in [-0.4, -0.2) is 16.9 Å². The van der Waals surface area contributed by atoms with Crippen molar-refractivity contribution in [2.75, 3.05) is 0 Å². The Bertz CT molecular complexity index is 415. The molecule has 0 radical (unpaired) electrons. The summed E-state index contributed by atoms with van der Waals surface area (Å²) < 4.78 is 5.22. The molecule has 1 aromatic heterocycles. The molecule has 0 aliphatic carbocycles. The summed E-state index contributed by atoms with van der Waals surface area (Å²) in [6, 6.07) is -0.0118. The first kappa shape index (κ1) is 12.3. The molecule has 1 amide bonds. The zero-order chi connectivity index (χ0) is 12.1. The number of nitrogens with zero attached hydrogens (tertiary/aromatic N) is 1. The van der Waals surface area contributed by atoms with Crippen LogP contribution >= 0.6 is 0 Å². The molecule has 86 valence electrons. The molecule has 0 spiro atoms. The third-order valence-corrected chi connectivity index (χ3v) is 2.30. The Morgan fingerprint density at radius 3 is 2.75 bits per heavy atom. The van der Waals surface area contributed by atoms with Gasteiger partial charge in [-0.3, -0.25) is 4.79 Å². The van der Waals surface area contributed by atoms with Crippen molar-refractivity contribution in [1.29, 1.82) is 0 Å². The van der Waals surface area contributed by atoms with Gasteiger partial charge >= 0.3 is 0 Å². The average Bonchev–Trinajstić information content (AvgIpc) is 2.57. The van der Waals surface area contributed by atoms with Crippen LogP contribution in [0.2, 0.25) is 0 Å². The zero-order valence-corrected chi connectivity index (χ0v) is 9.83. The summed E-state index contributed by atoms with van der Waals surface area (Å²) >= 11 is 0. The number of aryl methyl sites for hydroxylation is 2. The van der Waals surface area contributed by atoms with Gasteiger partial charge in [0.15, 0.2) is 5.89 Å². The highest BCUT2D eigenvalue weighted by Crippen LogP contribution is 2.10. The molecule has 0 saturated heterocycles. The number of rotatable bonds is 4. The topological polar surface area (TPSA) is 55.1 Å². The van der Waals surface area contributed by atoms with E-state index in [0.717, 1.165) is 6.42 Å². The maximum atomic E-state index is 11.8. The van der Waals surface area contributed by atoms with Crippen molar-refractivity contribution >= 4 is 5.91 Å². The standard InChI is InChI=1S/C12H16N2O2/c1-5-7-10(6-2)14-12(15)11-8(3)13-9(4)16-11/h1,10H,6-7H2,2-4H3,(H,14,15). The molecule has 0 bridgehead atoms. The second kappa shape index (κ2) is 5.36. The third kappa shape index (κ3) is 2.86. The molecular formula is C12H16N2O2. The molecule has 1 N–H and O–H groups in total. The fraction of sp³-hybridized carbons (Fsp3) is 0.500. The molecule has 0 aliphatic rings. The van der Waals surface area contributed by atoms with E-state index in [2.05, 4.69) is 16.2 Å². The Morgan fingerprint density at radius 2 is 2.31 bits per heavy atom. The number of hydrogen-bond acceptors (Lipinski definition) is 3. The molecule has 1 heterocycles. The lowest BCUT2D eigenvalue weighted by Gasteiger charge is -2.12. The molecule has 4 heteroatoms. The van der Waals surface area contributed by atoms with E-state index < -0.39 is 0 Å². The van der Waals surface area contributed by atoms with Gasteiger partial charge in [0.2, 0.25) is 5.76 Å². The van der Waals surface area contributed by atoms with Crippen LogP contribution in [0.1, 0.15) is 41.9 Å². The van der Waals surface area contributed by atoms with Gasteiger partial charge in [0.05, 0.1) is 5.69 Å². The lowest BCUT2D eigenvalue weighted by molar-refractivity contribution is 0.0906. The lowest BCUT2D eigenvalue weighted by atomic mass is 10.1. The predicted octanol–water partition coefficient (Wildman–Crippen LogP) is 1.82. The molecule has 1 unspecified atom stereocenters. The average molecular weight is 220 g/mol. The predicted molar refractivity (Wildman–Crippen MR) is 61.0 cm³/mol. The van der Waals surface area contributed by atoms with E-state index in [1.54, 1.807) is 13.8 Å². The maximum absolute atomic E-state index is 11.8. The van der Waals surface area contributed by atoms with Crippen LogP contribution < -0.4 is 5.32 Å². The number of carbonyl (C=O) groups is 1. The van der Waals surface area contributed by atoms with Gasteiger partial charge in [-0.25, -0.2) is 4.98 Å². The van der Waals surface area contributed by atoms with Crippen molar-refractivity contribution in [3.05, 3.63) is 17.3 Å². The summed E-state index contributed by atoms with van der Waals surface area (Å²) in [6.07, 6.45) is 6.53. The lowest BCUT2D eigenvalue weighted by Crippen LogP contribution is -2.34. The van der Waals surface area contributed by atoms with E-state index in [1.807, 2.05) is 6.92 Å². The van der Waals surface area contributed by atoms with Crippen LogP contribution in [0.4, 0.5) is 0 Å². The van der Waals surface area contributed by atoms with Gasteiger partial charge in [0, 0.05) is 19.4 Å². The minimum Gasteiger partial charge on any atom is -0.436 e. The quantitative estimate of drug-likeness (QED) is 0.787. The first-order chi connectivity index (χ1) is 7.58. The zero-order valence-electron chi connectivity index (χ0n) is 9.83. The van der Waals surface area contributed by atoms with Gasteiger partial charge in [0.1, 0.15) is 0 Å². The minimum absolute atomic E-state index is 0.0118. The van der Waals surface area contributed by atoms with E-state index in [9.17, 15) is 4.79 Å². The fourth-order valence-electron chi connectivity index (χ4n) is 1.43. The number of nitrogens with one attached hydrogen (secondary N) is 1. The molecule has 0 aromatic carbocycles. The van der Waals surface area contributed by atoms with Gasteiger partial charge in [-0.2, -0.15) is 0 Å². The van der Waals surface area contributed by atoms with E-state index in [1.165, 1.54) is 0 Å². The highest BCUT2D eigenvalue weighted by molar-refractivity contribution is 5.92. The van der Waals surface area contributed by atoms with Gasteiger partial charge in [-0.1, -0.05) is 6.92 Å². The maximum Gasteiger partial charge on any atom is 0.289 e. The summed E-state index contributed by atoms with van der Waals surface area (Å²) in [5, 5.41) is 2.82. The van der Waals surface area contributed by atoms with Crippen molar-refractivity contribution in [2.45, 2.75) is 39.7 Å². The van der Waals surface area contributed by atoms with Gasteiger partial charge in [0.25, 0.3) is 5.91 Å². The van der Waals surface area contributed by atoms with Gasteiger partial charge in [-0.05, 0) is 13.3 Å². The minimum atomic E-state index is -0.250. The molecule has 0 saturated carbocycles. The Hall–Kier alpha value is -1.76. The molecule has 1 atom stereocenters. The second-order valence-corrected chi connectivity index (χ2v) is 3.63. The number of carbonyl (C=O) groups excluding carboxylic acids is 1. The number of oxazole rings is 1. The van der Waals surface area contributed by atoms with Gasteiger partial charge in [-0.15, -0.1) is 12.3 Å². The van der Waals surface area contributed by atoms with Crippen molar-refractivity contribution in [3.63, 3.8) is 0 Å². The molecule has 0 fully saturated rings. The third-order valence-electron chi connectivity index (χ3n) is 2.30. The van der Waals surface area contributed by atoms with Crippen LogP contribution in [-0.2, 0) is 0 Å². The smallest absolute Gasteiger partial charge is 0.289 e. The van der Waals surface area contributed by atoms with Gasteiger partial charge < -0.3 is 9.73 Å². The van der Waals surface area contributed by atoms with Crippen LogP contribution in [0.3, 0.4) is 0 Å². The van der Waals surface area contributed by atoms with Crippen molar-refractivity contribution in [2.24, 2.45) is 0 Å². The number of aromatic nitrogens is 1. The van der Waals surface area contributed by atoms with E-state index in [-0.39, 0.29) is 17.7 Å². The normalized spacial score (nSPS) is 11.9. The van der Waals surface area contributed by atoms with Crippen molar-refractivity contribution in [1.82, 2.24) is 10.3 Å².